The van der Waals surface area contributed by atoms with Gasteiger partial charge in [-0.05, 0) is 43.7 Å². The molecule has 0 saturated carbocycles. The normalized spacial score (nSPS) is 15.2. The van der Waals surface area contributed by atoms with Crippen molar-refractivity contribution in [2.24, 2.45) is 0 Å². The fourth-order valence-electron chi connectivity index (χ4n) is 1.82. The van der Waals surface area contributed by atoms with E-state index in [1.165, 1.54) is 10.4 Å². The van der Waals surface area contributed by atoms with Crippen LogP contribution in [0.3, 0.4) is 0 Å². The maximum Gasteiger partial charge on any atom is 0.0445 e. The summed E-state index contributed by atoms with van der Waals surface area (Å²) in [6.45, 7) is 6.76. The molecule has 0 aliphatic heterocycles. The van der Waals surface area contributed by atoms with Crippen LogP contribution in [-0.2, 0) is 0 Å². The van der Waals surface area contributed by atoms with E-state index in [1.54, 1.807) is 11.3 Å². The summed E-state index contributed by atoms with van der Waals surface area (Å²) in [4.78, 5) is 1.41. The van der Waals surface area contributed by atoms with E-state index in [2.05, 4.69) is 37.5 Å². The van der Waals surface area contributed by atoms with Gasteiger partial charge in [0, 0.05) is 23.6 Å². The summed E-state index contributed by atoms with van der Waals surface area (Å²) in [5.74, 6) is 0. The van der Waals surface area contributed by atoms with Crippen LogP contribution in [0, 0.1) is 6.92 Å². The standard InChI is InChI=1S/C12H21NOS/c1-4-11(5-7-14)13-10(3)12-9(2)6-8-15-12/h6,8,10-11,13-14H,4-5,7H2,1-3H3. The van der Waals surface area contributed by atoms with Crippen molar-refractivity contribution in [1.82, 2.24) is 5.32 Å². The van der Waals surface area contributed by atoms with Crippen LogP contribution in [0.1, 0.15) is 43.2 Å². The Morgan fingerprint density at radius 1 is 1.53 bits per heavy atom. The molecule has 3 heteroatoms. The summed E-state index contributed by atoms with van der Waals surface area (Å²) in [6.07, 6.45) is 1.90. The first-order valence-electron chi connectivity index (χ1n) is 5.60. The van der Waals surface area contributed by atoms with E-state index >= 15 is 0 Å². The maximum absolute atomic E-state index is 8.93. The molecule has 1 aromatic rings. The third-order valence-corrected chi connectivity index (χ3v) is 3.95. The van der Waals surface area contributed by atoms with E-state index in [1.807, 2.05) is 0 Å². The van der Waals surface area contributed by atoms with E-state index in [-0.39, 0.29) is 6.61 Å². The van der Waals surface area contributed by atoms with E-state index in [4.69, 9.17) is 5.11 Å². The number of hydrogen-bond donors (Lipinski definition) is 2. The van der Waals surface area contributed by atoms with Crippen molar-refractivity contribution in [2.75, 3.05) is 6.61 Å². The Kier molecular flexibility index (Phi) is 5.29. The van der Waals surface area contributed by atoms with Gasteiger partial charge in [0.25, 0.3) is 0 Å². The minimum Gasteiger partial charge on any atom is -0.396 e. The minimum atomic E-state index is 0.266. The molecule has 2 unspecified atom stereocenters. The first-order chi connectivity index (χ1) is 7.19. The van der Waals surface area contributed by atoms with Gasteiger partial charge in [0.2, 0.25) is 0 Å². The molecule has 2 atom stereocenters. The van der Waals surface area contributed by atoms with Gasteiger partial charge in [-0.1, -0.05) is 6.92 Å². The first kappa shape index (κ1) is 12.7. The molecule has 0 aliphatic carbocycles. The zero-order valence-corrected chi connectivity index (χ0v) is 10.6. The van der Waals surface area contributed by atoms with Crippen LogP contribution in [0.2, 0.25) is 0 Å². The monoisotopic (exact) mass is 227 g/mol. The number of aryl methyl sites for hydroxylation is 1. The number of rotatable bonds is 6. The average Bonchev–Trinajstić information content (AvgIpc) is 2.63. The zero-order chi connectivity index (χ0) is 11.3. The second-order valence-electron chi connectivity index (χ2n) is 3.97. The second kappa shape index (κ2) is 6.26. The van der Waals surface area contributed by atoms with Gasteiger partial charge < -0.3 is 10.4 Å². The summed E-state index contributed by atoms with van der Waals surface area (Å²) in [5, 5.41) is 14.6. The molecule has 1 rings (SSSR count). The average molecular weight is 227 g/mol. The molecule has 0 aromatic carbocycles. The third-order valence-electron chi connectivity index (χ3n) is 2.75. The summed E-state index contributed by atoms with van der Waals surface area (Å²) in [7, 11) is 0. The third kappa shape index (κ3) is 3.59. The van der Waals surface area contributed by atoms with E-state index in [9.17, 15) is 0 Å². The molecule has 0 radical (unpaired) electrons. The highest BCUT2D eigenvalue weighted by Crippen LogP contribution is 2.24. The smallest absolute Gasteiger partial charge is 0.0445 e. The molecule has 0 saturated heterocycles. The van der Waals surface area contributed by atoms with Crippen molar-refractivity contribution in [1.29, 1.82) is 0 Å². The Morgan fingerprint density at radius 3 is 2.73 bits per heavy atom. The molecule has 2 nitrogen and oxygen atoms in total. The first-order valence-corrected chi connectivity index (χ1v) is 6.47. The number of hydrogen-bond acceptors (Lipinski definition) is 3. The second-order valence-corrected chi connectivity index (χ2v) is 4.92. The van der Waals surface area contributed by atoms with Crippen molar-refractivity contribution in [2.45, 2.75) is 45.7 Å². The molecule has 0 amide bonds. The Hall–Kier alpha value is -0.380. The lowest BCUT2D eigenvalue weighted by atomic mass is 10.1. The van der Waals surface area contributed by atoms with Crippen molar-refractivity contribution in [3.63, 3.8) is 0 Å². The maximum atomic E-state index is 8.93. The molecule has 1 aromatic heterocycles. The summed E-state index contributed by atoms with van der Waals surface area (Å²) < 4.78 is 0. The lowest BCUT2D eigenvalue weighted by Gasteiger charge is -2.21. The largest absolute Gasteiger partial charge is 0.396 e. The van der Waals surface area contributed by atoms with E-state index < -0.39 is 0 Å². The van der Waals surface area contributed by atoms with E-state index in [0.717, 1.165) is 12.8 Å². The molecule has 0 bridgehead atoms. The highest BCUT2D eigenvalue weighted by atomic mass is 32.1. The highest BCUT2D eigenvalue weighted by molar-refractivity contribution is 7.10. The summed E-state index contributed by atoms with van der Waals surface area (Å²) in [5.41, 5.74) is 1.36. The van der Waals surface area contributed by atoms with Crippen LogP contribution in [0.4, 0.5) is 0 Å². The van der Waals surface area contributed by atoms with Crippen LogP contribution in [-0.4, -0.2) is 17.8 Å². The fraction of sp³-hybridized carbons (Fsp3) is 0.667. The van der Waals surface area contributed by atoms with Crippen LogP contribution in [0.15, 0.2) is 11.4 Å². The van der Waals surface area contributed by atoms with Gasteiger partial charge in [0.1, 0.15) is 0 Å². The Bertz CT molecular complexity index is 285. The van der Waals surface area contributed by atoms with Gasteiger partial charge in [-0.15, -0.1) is 11.3 Å². The van der Waals surface area contributed by atoms with Gasteiger partial charge in [0.15, 0.2) is 0 Å². The van der Waals surface area contributed by atoms with Crippen LogP contribution in [0.25, 0.3) is 0 Å². The fourth-order valence-corrected chi connectivity index (χ4v) is 2.76. The van der Waals surface area contributed by atoms with Gasteiger partial charge in [-0.2, -0.15) is 0 Å². The summed E-state index contributed by atoms with van der Waals surface area (Å²) in [6, 6.07) is 2.97. The predicted molar refractivity (Wildman–Crippen MR) is 66.4 cm³/mol. The van der Waals surface area contributed by atoms with Crippen LogP contribution in [0.5, 0.6) is 0 Å². The number of aliphatic hydroxyl groups is 1. The number of thiophene rings is 1. The topological polar surface area (TPSA) is 32.3 Å². The van der Waals surface area contributed by atoms with Gasteiger partial charge in [0.05, 0.1) is 0 Å². The highest BCUT2D eigenvalue weighted by Gasteiger charge is 2.13. The van der Waals surface area contributed by atoms with Gasteiger partial charge >= 0.3 is 0 Å². The van der Waals surface area contributed by atoms with Crippen molar-refractivity contribution < 1.29 is 5.11 Å². The molecule has 0 fully saturated rings. The number of aliphatic hydroxyl groups excluding tert-OH is 1. The van der Waals surface area contributed by atoms with Crippen LogP contribution < -0.4 is 5.32 Å². The van der Waals surface area contributed by atoms with Crippen molar-refractivity contribution in [3.05, 3.63) is 21.9 Å². The Morgan fingerprint density at radius 2 is 2.27 bits per heavy atom. The Labute approximate surface area is 96.3 Å². The van der Waals surface area contributed by atoms with Gasteiger partial charge in [-0.3, -0.25) is 0 Å². The number of nitrogens with one attached hydrogen (secondary N) is 1. The quantitative estimate of drug-likeness (QED) is 0.783. The van der Waals surface area contributed by atoms with E-state index in [0.29, 0.717) is 12.1 Å². The molecule has 0 aliphatic rings. The van der Waals surface area contributed by atoms with Crippen molar-refractivity contribution >= 4 is 11.3 Å². The molecule has 86 valence electrons. The molecular weight excluding hydrogens is 206 g/mol. The van der Waals surface area contributed by atoms with Crippen molar-refractivity contribution in [3.8, 4) is 0 Å². The molecule has 0 spiro atoms. The van der Waals surface area contributed by atoms with Gasteiger partial charge in [-0.25, -0.2) is 0 Å². The zero-order valence-electron chi connectivity index (χ0n) is 9.79. The lowest BCUT2D eigenvalue weighted by Crippen LogP contribution is -2.31. The molecule has 2 N–H and O–H groups in total. The molecule has 1 heterocycles. The SMILES string of the molecule is CCC(CCO)NC(C)c1sccc1C. The predicted octanol–water partition coefficient (Wildman–Crippen LogP) is 2.87. The van der Waals surface area contributed by atoms with Crippen LogP contribution >= 0.6 is 11.3 Å². The Balaban J connectivity index is 2.54. The summed E-state index contributed by atoms with van der Waals surface area (Å²) >= 11 is 1.80. The lowest BCUT2D eigenvalue weighted by molar-refractivity contribution is 0.257. The molecule has 15 heavy (non-hydrogen) atoms. The molecular formula is C12H21NOS. The minimum absolute atomic E-state index is 0.266.